The molecule has 9 nitrogen and oxygen atoms in total. The molecule has 2 aromatic rings. The smallest absolute Gasteiger partial charge is 0.258 e. The Kier molecular flexibility index (Phi) is 6.06. The number of anilines is 1. The fraction of sp³-hybridized carbons (Fsp3) is 0.308. The Morgan fingerprint density at radius 1 is 1.35 bits per heavy atom. The highest BCUT2D eigenvalue weighted by atomic mass is 32.2. The molecule has 0 spiro atoms. The molecule has 23 heavy (non-hydrogen) atoms. The number of hydrogen-bond donors (Lipinski definition) is 4. The molecule has 0 unspecified atom stereocenters. The van der Waals surface area contributed by atoms with Gasteiger partial charge in [-0.25, -0.2) is 10.5 Å². The number of carbonyl (C=O) groups is 1. The maximum absolute atomic E-state index is 11.8. The van der Waals surface area contributed by atoms with E-state index in [1.54, 1.807) is 7.11 Å². The molecule has 0 radical (unpaired) electrons. The van der Waals surface area contributed by atoms with Gasteiger partial charge in [-0.05, 0) is 24.1 Å². The Bertz CT molecular complexity index is 644. The van der Waals surface area contributed by atoms with Gasteiger partial charge in [0.1, 0.15) is 5.75 Å². The number of hydrazine groups is 1. The van der Waals surface area contributed by atoms with Gasteiger partial charge in [-0.1, -0.05) is 23.9 Å². The second-order valence-corrected chi connectivity index (χ2v) is 5.50. The standard InChI is InChI=1S/C13H19N7O2S/c1-22-10-4-2-9(3-5-10)6-7-16-11(21)8-23-13-19-18-12(17-14)20(13)15/h2-5H,6-8,14-15H2,1H3,(H,16,21)(H,17,18). The van der Waals surface area contributed by atoms with Crippen LogP contribution in [0.3, 0.4) is 0 Å². The molecular weight excluding hydrogens is 318 g/mol. The summed E-state index contributed by atoms with van der Waals surface area (Å²) in [6.45, 7) is 0.552. The first-order valence-electron chi connectivity index (χ1n) is 6.83. The molecule has 0 aliphatic heterocycles. The summed E-state index contributed by atoms with van der Waals surface area (Å²) >= 11 is 1.18. The molecule has 0 saturated carbocycles. The summed E-state index contributed by atoms with van der Waals surface area (Å²) in [5.41, 5.74) is 3.43. The van der Waals surface area contributed by atoms with Crippen LogP contribution in [-0.2, 0) is 11.2 Å². The van der Waals surface area contributed by atoms with Crippen molar-refractivity contribution in [2.45, 2.75) is 11.6 Å². The van der Waals surface area contributed by atoms with Crippen LogP contribution in [0.2, 0.25) is 0 Å². The zero-order chi connectivity index (χ0) is 16.7. The van der Waals surface area contributed by atoms with Crippen molar-refractivity contribution in [3.8, 4) is 5.75 Å². The van der Waals surface area contributed by atoms with Gasteiger partial charge in [-0.2, -0.15) is 0 Å². The Balaban J connectivity index is 1.71. The van der Waals surface area contributed by atoms with Crippen LogP contribution >= 0.6 is 11.8 Å². The number of ether oxygens (including phenoxy) is 1. The molecule has 1 aromatic heterocycles. The van der Waals surface area contributed by atoms with Crippen molar-refractivity contribution in [2.75, 3.05) is 30.7 Å². The molecule has 0 saturated heterocycles. The highest BCUT2D eigenvalue weighted by Crippen LogP contribution is 2.15. The SMILES string of the molecule is COc1ccc(CCNC(=O)CSc2nnc(NN)n2N)cc1. The summed E-state index contributed by atoms with van der Waals surface area (Å²) < 4.78 is 6.29. The fourth-order valence-electron chi connectivity index (χ4n) is 1.79. The zero-order valence-corrected chi connectivity index (χ0v) is 13.5. The fourth-order valence-corrected chi connectivity index (χ4v) is 2.48. The largest absolute Gasteiger partial charge is 0.497 e. The Hall–Kier alpha value is -2.46. The van der Waals surface area contributed by atoms with E-state index in [9.17, 15) is 4.79 Å². The van der Waals surface area contributed by atoms with Gasteiger partial charge in [0.05, 0.1) is 12.9 Å². The summed E-state index contributed by atoms with van der Waals surface area (Å²) in [5.74, 6) is 12.0. The first-order chi connectivity index (χ1) is 11.1. The van der Waals surface area contributed by atoms with Crippen molar-refractivity contribution in [2.24, 2.45) is 5.84 Å². The average molecular weight is 337 g/mol. The molecule has 1 amide bonds. The molecule has 0 atom stereocenters. The van der Waals surface area contributed by atoms with Crippen molar-refractivity contribution >= 4 is 23.6 Å². The molecule has 0 aliphatic carbocycles. The number of carbonyl (C=O) groups excluding carboxylic acids is 1. The van der Waals surface area contributed by atoms with Crippen molar-refractivity contribution in [1.82, 2.24) is 20.2 Å². The van der Waals surface area contributed by atoms with E-state index in [-0.39, 0.29) is 17.6 Å². The van der Waals surface area contributed by atoms with Gasteiger partial charge in [-0.3, -0.25) is 10.2 Å². The van der Waals surface area contributed by atoms with Crippen LogP contribution in [0.1, 0.15) is 5.56 Å². The molecule has 1 aromatic carbocycles. The van der Waals surface area contributed by atoms with Gasteiger partial charge in [-0.15, -0.1) is 10.2 Å². The summed E-state index contributed by atoms with van der Waals surface area (Å²) in [4.78, 5) is 11.8. The van der Waals surface area contributed by atoms with Crippen LogP contribution in [-0.4, -0.2) is 40.2 Å². The van der Waals surface area contributed by atoms with E-state index in [1.807, 2.05) is 24.3 Å². The number of methoxy groups -OCH3 is 1. The number of rotatable bonds is 8. The molecule has 2 rings (SSSR count). The molecule has 6 N–H and O–H groups in total. The lowest BCUT2D eigenvalue weighted by Crippen LogP contribution is -2.27. The third-order valence-corrected chi connectivity index (χ3v) is 3.96. The number of amides is 1. The first-order valence-corrected chi connectivity index (χ1v) is 7.82. The van der Waals surface area contributed by atoms with Crippen LogP contribution < -0.4 is 27.2 Å². The topological polar surface area (TPSA) is 133 Å². The number of benzene rings is 1. The highest BCUT2D eigenvalue weighted by molar-refractivity contribution is 7.99. The predicted octanol–water partition coefficient (Wildman–Crippen LogP) is -0.263. The molecule has 124 valence electrons. The summed E-state index contributed by atoms with van der Waals surface area (Å²) in [5, 5.41) is 10.8. The van der Waals surface area contributed by atoms with E-state index in [0.29, 0.717) is 11.7 Å². The van der Waals surface area contributed by atoms with Gasteiger partial charge < -0.3 is 15.9 Å². The van der Waals surface area contributed by atoms with Crippen molar-refractivity contribution in [3.63, 3.8) is 0 Å². The highest BCUT2D eigenvalue weighted by Gasteiger charge is 2.11. The molecule has 0 fully saturated rings. The van der Waals surface area contributed by atoms with Gasteiger partial charge in [0, 0.05) is 6.54 Å². The van der Waals surface area contributed by atoms with Gasteiger partial charge in [0.25, 0.3) is 5.95 Å². The quantitative estimate of drug-likeness (QED) is 0.294. The minimum atomic E-state index is -0.103. The predicted molar refractivity (Wildman–Crippen MR) is 88.4 cm³/mol. The van der Waals surface area contributed by atoms with E-state index < -0.39 is 0 Å². The van der Waals surface area contributed by atoms with E-state index in [0.717, 1.165) is 17.7 Å². The number of nitrogen functional groups attached to an aromatic ring is 2. The monoisotopic (exact) mass is 337 g/mol. The summed E-state index contributed by atoms with van der Waals surface area (Å²) in [7, 11) is 1.63. The van der Waals surface area contributed by atoms with E-state index in [2.05, 4.69) is 20.9 Å². The number of aromatic nitrogens is 3. The minimum absolute atomic E-state index is 0.103. The van der Waals surface area contributed by atoms with E-state index in [1.165, 1.54) is 16.4 Å². The number of hydrogen-bond acceptors (Lipinski definition) is 8. The lowest BCUT2D eigenvalue weighted by molar-refractivity contribution is -0.118. The van der Waals surface area contributed by atoms with Crippen LogP contribution in [0.5, 0.6) is 5.75 Å². The lowest BCUT2D eigenvalue weighted by atomic mass is 10.1. The first kappa shape index (κ1) is 16.9. The van der Waals surface area contributed by atoms with E-state index in [4.69, 9.17) is 16.4 Å². The maximum atomic E-state index is 11.8. The molecule has 0 aliphatic rings. The Morgan fingerprint density at radius 3 is 2.70 bits per heavy atom. The molecule has 0 bridgehead atoms. The number of nitrogens with two attached hydrogens (primary N) is 2. The lowest BCUT2D eigenvalue weighted by Gasteiger charge is -2.06. The van der Waals surface area contributed by atoms with Crippen molar-refractivity contribution < 1.29 is 9.53 Å². The minimum Gasteiger partial charge on any atom is -0.497 e. The van der Waals surface area contributed by atoms with Gasteiger partial charge in [0.2, 0.25) is 11.1 Å². The molecule has 10 heteroatoms. The van der Waals surface area contributed by atoms with Gasteiger partial charge in [0.15, 0.2) is 0 Å². The van der Waals surface area contributed by atoms with Crippen LogP contribution in [0.25, 0.3) is 0 Å². The number of nitrogens with zero attached hydrogens (tertiary/aromatic N) is 3. The second-order valence-electron chi connectivity index (χ2n) is 4.56. The number of nitrogens with one attached hydrogen (secondary N) is 2. The summed E-state index contributed by atoms with van der Waals surface area (Å²) in [6.07, 6.45) is 0.745. The number of thioether (sulfide) groups is 1. The van der Waals surface area contributed by atoms with Crippen LogP contribution in [0.4, 0.5) is 5.95 Å². The van der Waals surface area contributed by atoms with Crippen LogP contribution in [0.15, 0.2) is 29.4 Å². The third kappa shape index (κ3) is 4.76. The van der Waals surface area contributed by atoms with Crippen LogP contribution in [0, 0.1) is 0 Å². The van der Waals surface area contributed by atoms with E-state index >= 15 is 0 Å². The van der Waals surface area contributed by atoms with Crippen molar-refractivity contribution in [3.05, 3.63) is 29.8 Å². The van der Waals surface area contributed by atoms with Crippen molar-refractivity contribution in [1.29, 1.82) is 0 Å². The molecular formula is C13H19N7O2S. The van der Waals surface area contributed by atoms with Gasteiger partial charge >= 0.3 is 0 Å². The average Bonchev–Trinajstić information content (AvgIpc) is 2.93. The third-order valence-electron chi connectivity index (χ3n) is 3.02. The Labute approximate surface area is 137 Å². The second kappa shape index (κ2) is 8.25. The zero-order valence-electron chi connectivity index (χ0n) is 12.7. The maximum Gasteiger partial charge on any atom is 0.258 e. The summed E-state index contributed by atoms with van der Waals surface area (Å²) in [6, 6.07) is 7.73. The Morgan fingerprint density at radius 2 is 2.09 bits per heavy atom. The normalized spacial score (nSPS) is 10.3. The molecule has 1 heterocycles.